The average molecular weight is 229 g/mol. The van der Waals surface area contributed by atoms with Crippen molar-refractivity contribution in [2.45, 2.75) is 13.8 Å². The minimum atomic E-state index is -0.0322. The molecule has 0 aliphatic heterocycles. The lowest BCUT2D eigenvalue weighted by molar-refractivity contribution is -0.118. The Balaban J connectivity index is 2.32. The molecule has 3 N–H and O–H groups in total. The van der Waals surface area contributed by atoms with Crippen molar-refractivity contribution in [3.63, 3.8) is 0 Å². The van der Waals surface area contributed by atoms with Crippen LogP contribution in [-0.4, -0.2) is 10.9 Å². The van der Waals surface area contributed by atoms with E-state index < -0.39 is 0 Å². The Morgan fingerprint density at radius 3 is 2.76 bits per heavy atom. The predicted octanol–water partition coefficient (Wildman–Crippen LogP) is 2.41. The van der Waals surface area contributed by atoms with Crippen molar-refractivity contribution >= 4 is 28.3 Å². The third kappa shape index (κ3) is 2.53. The molecule has 0 saturated heterocycles. The van der Waals surface area contributed by atoms with Crippen LogP contribution in [0.25, 0.3) is 10.9 Å². The Bertz CT molecular complexity index is 564. The van der Waals surface area contributed by atoms with Gasteiger partial charge in [0.1, 0.15) is 5.82 Å². The monoisotopic (exact) mass is 229 g/mol. The van der Waals surface area contributed by atoms with Gasteiger partial charge in [0.05, 0.1) is 5.52 Å². The number of carbonyl (C=O) groups is 1. The van der Waals surface area contributed by atoms with Crippen LogP contribution >= 0.6 is 0 Å². The number of hydrogen-bond donors (Lipinski definition) is 2. The van der Waals surface area contributed by atoms with Crippen LogP contribution in [0.4, 0.5) is 11.5 Å². The Labute approximate surface area is 99.8 Å². The first-order chi connectivity index (χ1) is 8.06. The SMILES string of the molecule is CC(C)C(=O)Nc1ccc2nc(N)ccc2c1. The first kappa shape index (κ1) is 11.4. The van der Waals surface area contributed by atoms with Crippen molar-refractivity contribution in [1.82, 2.24) is 4.98 Å². The summed E-state index contributed by atoms with van der Waals surface area (Å²) in [5.41, 5.74) is 7.21. The molecule has 0 unspecified atom stereocenters. The lowest BCUT2D eigenvalue weighted by atomic mass is 10.1. The van der Waals surface area contributed by atoms with E-state index in [1.54, 1.807) is 6.07 Å². The molecule has 1 amide bonds. The second-order valence-electron chi connectivity index (χ2n) is 4.29. The van der Waals surface area contributed by atoms with E-state index in [-0.39, 0.29) is 11.8 Å². The van der Waals surface area contributed by atoms with Crippen LogP contribution < -0.4 is 11.1 Å². The minimum absolute atomic E-state index is 0.00718. The van der Waals surface area contributed by atoms with Crippen LogP contribution in [-0.2, 0) is 4.79 Å². The van der Waals surface area contributed by atoms with Gasteiger partial charge in [-0.3, -0.25) is 4.79 Å². The Kier molecular flexibility index (Phi) is 2.95. The number of anilines is 2. The summed E-state index contributed by atoms with van der Waals surface area (Å²) < 4.78 is 0. The van der Waals surface area contributed by atoms with Crippen molar-refractivity contribution in [3.8, 4) is 0 Å². The Morgan fingerprint density at radius 2 is 2.06 bits per heavy atom. The van der Waals surface area contributed by atoms with Crippen LogP contribution in [0.2, 0.25) is 0 Å². The molecule has 0 aliphatic carbocycles. The number of nitrogens with zero attached hydrogens (tertiary/aromatic N) is 1. The van der Waals surface area contributed by atoms with Gasteiger partial charge in [-0.05, 0) is 30.3 Å². The fraction of sp³-hybridized carbons (Fsp3) is 0.231. The molecule has 0 radical (unpaired) electrons. The number of rotatable bonds is 2. The summed E-state index contributed by atoms with van der Waals surface area (Å²) in [6, 6.07) is 9.21. The van der Waals surface area contributed by atoms with Gasteiger partial charge < -0.3 is 11.1 Å². The maximum Gasteiger partial charge on any atom is 0.226 e. The molecule has 1 heterocycles. The molecule has 2 rings (SSSR count). The number of nitrogen functional groups attached to an aromatic ring is 1. The highest BCUT2D eigenvalue weighted by atomic mass is 16.1. The number of carbonyl (C=O) groups excluding carboxylic acids is 1. The molecule has 4 heteroatoms. The molecule has 1 aromatic carbocycles. The summed E-state index contributed by atoms with van der Waals surface area (Å²) in [5, 5.41) is 3.81. The highest BCUT2D eigenvalue weighted by Crippen LogP contribution is 2.19. The average Bonchev–Trinajstić information content (AvgIpc) is 2.29. The quantitative estimate of drug-likeness (QED) is 0.830. The van der Waals surface area contributed by atoms with Gasteiger partial charge in [-0.2, -0.15) is 0 Å². The minimum Gasteiger partial charge on any atom is -0.384 e. The summed E-state index contributed by atoms with van der Waals surface area (Å²) >= 11 is 0. The number of nitrogens with one attached hydrogen (secondary N) is 1. The number of fused-ring (bicyclic) bond motifs is 1. The van der Waals surface area contributed by atoms with E-state index in [9.17, 15) is 4.79 Å². The van der Waals surface area contributed by atoms with Crippen molar-refractivity contribution in [2.24, 2.45) is 5.92 Å². The number of nitrogens with two attached hydrogens (primary N) is 1. The molecule has 4 nitrogen and oxygen atoms in total. The Hall–Kier alpha value is -2.10. The summed E-state index contributed by atoms with van der Waals surface area (Å²) in [6.07, 6.45) is 0. The van der Waals surface area contributed by atoms with Crippen molar-refractivity contribution in [2.75, 3.05) is 11.1 Å². The standard InChI is InChI=1S/C13H15N3O/c1-8(2)13(17)15-10-4-5-11-9(7-10)3-6-12(14)16-11/h3-8H,1-2H3,(H2,14,16)(H,15,17). The first-order valence-corrected chi connectivity index (χ1v) is 5.53. The van der Waals surface area contributed by atoms with Crippen LogP contribution in [0.5, 0.6) is 0 Å². The number of pyridine rings is 1. The van der Waals surface area contributed by atoms with Gasteiger partial charge in [0.2, 0.25) is 5.91 Å². The van der Waals surface area contributed by atoms with E-state index in [0.717, 1.165) is 16.6 Å². The number of hydrogen-bond acceptors (Lipinski definition) is 3. The molecule has 0 saturated carbocycles. The van der Waals surface area contributed by atoms with Crippen LogP contribution in [0.15, 0.2) is 30.3 Å². The molecular formula is C13H15N3O. The van der Waals surface area contributed by atoms with Crippen molar-refractivity contribution in [3.05, 3.63) is 30.3 Å². The van der Waals surface area contributed by atoms with E-state index in [1.165, 1.54) is 0 Å². The summed E-state index contributed by atoms with van der Waals surface area (Å²) in [4.78, 5) is 15.8. The van der Waals surface area contributed by atoms with Gasteiger partial charge in [0.15, 0.2) is 0 Å². The highest BCUT2D eigenvalue weighted by molar-refractivity contribution is 5.94. The van der Waals surface area contributed by atoms with Crippen LogP contribution in [0.3, 0.4) is 0 Å². The zero-order chi connectivity index (χ0) is 12.4. The molecule has 88 valence electrons. The predicted molar refractivity (Wildman–Crippen MR) is 69.6 cm³/mol. The molecule has 0 spiro atoms. The van der Waals surface area contributed by atoms with Gasteiger partial charge in [-0.25, -0.2) is 4.98 Å². The normalized spacial score (nSPS) is 10.8. The summed E-state index contributed by atoms with van der Waals surface area (Å²) in [6.45, 7) is 3.72. The largest absolute Gasteiger partial charge is 0.384 e. The van der Waals surface area contributed by atoms with Crippen molar-refractivity contribution < 1.29 is 4.79 Å². The number of benzene rings is 1. The van der Waals surface area contributed by atoms with Gasteiger partial charge in [0, 0.05) is 17.0 Å². The van der Waals surface area contributed by atoms with E-state index in [4.69, 9.17) is 5.73 Å². The molecule has 0 atom stereocenters. The van der Waals surface area contributed by atoms with Gasteiger partial charge in [-0.15, -0.1) is 0 Å². The summed E-state index contributed by atoms with van der Waals surface area (Å²) in [7, 11) is 0. The van der Waals surface area contributed by atoms with Crippen LogP contribution in [0.1, 0.15) is 13.8 Å². The van der Waals surface area contributed by atoms with Crippen molar-refractivity contribution in [1.29, 1.82) is 0 Å². The van der Waals surface area contributed by atoms with Gasteiger partial charge >= 0.3 is 0 Å². The van der Waals surface area contributed by atoms with E-state index in [1.807, 2.05) is 38.1 Å². The molecule has 2 aromatic rings. The second-order valence-corrected chi connectivity index (χ2v) is 4.29. The zero-order valence-electron chi connectivity index (χ0n) is 9.90. The molecule has 0 bridgehead atoms. The van der Waals surface area contributed by atoms with E-state index in [2.05, 4.69) is 10.3 Å². The third-order valence-electron chi connectivity index (χ3n) is 2.50. The lowest BCUT2D eigenvalue weighted by Crippen LogP contribution is -2.17. The number of aromatic nitrogens is 1. The number of amides is 1. The maximum absolute atomic E-state index is 11.6. The smallest absolute Gasteiger partial charge is 0.226 e. The molecular weight excluding hydrogens is 214 g/mol. The zero-order valence-corrected chi connectivity index (χ0v) is 9.90. The maximum atomic E-state index is 11.6. The molecule has 0 fully saturated rings. The van der Waals surface area contributed by atoms with E-state index >= 15 is 0 Å². The molecule has 0 aliphatic rings. The van der Waals surface area contributed by atoms with E-state index in [0.29, 0.717) is 5.82 Å². The lowest BCUT2D eigenvalue weighted by Gasteiger charge is -2.08. The topological polar surface area (TPSA) is 68.0 Å². The van der Waals surface area contributed by atoms with Gasteiger partial charge in [-0.1, -0.05) is 13.8 Å². The molecule has 17 heavy (non-hydrogen) atoms. The fourth-order valence-corrected chi connectivity index (χ4v) is 1.51. The van der Waals surface area contributed by atoms with Gasteiger partial charge in [0.25, 0.3) is 0 Å². The first-order valence-electron chi connectivity index (χ1n) is 5.53. The second kappa shape index (κ2) is 4.41. The highest BCUT2D eigenvalue weighted by Gasteiger charge is 2.07. The fourth-order valence-electron chi connectivity index (χ4n) is 1.51. The third-order valence-corrected chi connectivity index (χ3v) is 2.50. The van der Waals surface area contributed by atoms with Crippen LogP contribution in [0, 0.1) is 5.92 Å². The summed E-state index contributed by atoms with van der Waals surface area (Å²) in [5.74, 6) is 0.472. The Morgan fingerprint density at radius 1 is 1.29 bits per heavy atom. The molecule has 1 aromatic heterocycles.